The van der Waals surface area contributed by atoms with E-state index < -0.39 is 0 Å². The van der Waals surface area contributed by atoms with Crippen LogP contribution in [0.2, 0.25) is 0 Å². The summed E-state index contributed by atoms with van der Waals surface area (Å²) in [5, 5.41) is 5.69. The Kier molecular flexibility index (Phi) is 3.12. The molecule has 4 fully saturated rings. The summed E-state index contributed by atoms with van der Waals surface area (Å²) in [6.07, 6.45) is 14.9. The molecule has 2 nitrogen and oxygen atoms in total. The summed E-state index contributed by atoms with van der Waals surface area (Å²) in [5.41, 5.74) is 0. The second kappa shape index (κ2) is 4.79. The van der Waals surface area contributed by atoms with Crippen LogP contribution in [0.4, 0.5) is 0 Å². The highest BCUT2D eigenvalue weighted by Crippen LogP contribution is 2.42. The van der Waals surface area contributed by atoms with Gasteiger partial charge in [-0.3, -0.25) is 0 Å². The lowest BCUT2D eigenvalue weighted by Gasteiger charge is -2.42. The van der Waals surface area contributed by atoms with Crippen LogP contribution in [0.25, 0.3) is 0 Å². The first-order chi connectivity index (χ1) is 8.93. The summed E-state index contributed by atoms with van der Waals surface area (Å²) in [4.78, 5) is 0. The van der Waals surface area contributed by atoms with E-state index in [2.05, 4.69) is 10.0 Å². The first kappa shape index (κ1) is 11.7. The SMILES string of the molecule is C1CCC2C(C1)CCN2N1CCC2CCCCC21. The van der Waals surface area contributed by atoms with E-state index in [4.69, 9.17) is 0 Å². The zero-order valence-corrected chi connectivity index (χ0v) is 11.7. The molecule has 2 heteroatoms. The zero-order valence-electron chi connectivity index (χ0n) is 11.7. The van der Waals surface area contributed by atoms with E-state index in [9.17, 15) is 0 Å². The molecule has 18 heavy (non-hydrogen) atoms. The summed E-state index contributed by atoms with van der Waals surface area (Å²) in [5.74, 6) is 2.09. The Bertz CT molecular complexity index is 273. The summed E-state index contributed by atoms with van der Waals surface area (Å²) in [7, 11) is 0. The molecule has 0 spiro atoms. The quantitative estimate of drug-likeness (QED) is 0.701. The second-order valence-electron chi connectivity index (χ2n) is 7.13. The molecule has 4 unspecified atom stereocenters. The van der Waals surface area contributed by atoms with Gasteiger partial charge >= 0.3 is 0 Å². The van der Waals surface area contributed by atoms with Crippen molar-refractivity contribution in [2.75, 3.05) is 13.1 Å². The van der Waals surface area contributed by atoms with Crippen molar-refractivity contribution in [3.8, 4) is 0 Å². The van der Waals surface area contributed by atoms with Gasteiger partial charge in [-0.05, 0) is 50.4 Å². The van der Waals surface area contributed by atoms with Crippen molar-refractivity contribution < 1.29 is 0 Å². The van der Waals surface area contributed by atoms with Crippen molar-refractivity contribution in [1.82, 2.24) is 10.0 Å². The van der Waals surface area contributed by atoms with E-state index in [0.29, 0.717) is 0 Å². The molecule has 0 amide bonds. The van der Waals surface area contributed by atoms with Crippen LogP contribution in [0.3, 0.4) is 0 Å². The van der Waals surface area contributed by atoms with Crippen LogP contribution in [0, 0.1) is 11.8 Å². The van der Waals surface area contributed by atoms with Gasteiger partial charge in [0.15, 0.2) is 0 Å². The summed E-state index contributed by atoms with van der Waals surface area (Å²) >= 11 is 0. The number of rotatable bonds is 1. The minimum absolute atomic E-state index is 0.930. The van der Waals surface area contributed by atoms with E-state index in [1.54, 1.807) is 0 Å². The highest BCUT2D eigenvalue weighted by molar-refractivity contribution is 4.94. The Hall–Kier alpha value is -0.0800. The third-order valence-electron chi connectivity index (χ3n) is 6.29. The average Bonchev–Trinajstić information content (AvgIpc) is 3.01. The van der Waals surface area contributed by atoms with Crippen LogP contribution in [0.15, 0.2) is 0 Å². The molecule has 0 aromatic heterocycles. The summed E-state index contributed by atoms with van der Waals surface area (Å²) < 4.78 is 0. The number of fused-ring (bicyclic) bond motifs is 2. The Balaban J connectivity index is 1.49. The van der Waals surface area contributed by atoms with Crippen molar-refractivity contribution in [3.63, 3.8) is 0 Å². The van der Waals surface area contributed by atoms with Crippen LogP contribution in [-0.2, 0) is 0 Å². The highest BCUT2D eigenvalue weighted by atomic mass is 15.7. The molecule has 2 aliphatic heterocycles. The lowest BCUT2D eigenvalue weighted by atomic mass is 9.85. The Morgan fingerprint density at radius 2 is 0.944 bits per heavy atom. The van der Waals surface area contributed by atoms with Crippen LogP contribution >= 0.6 is 0 Å². The zero-order chi connectivity index (χ0) is 11.9. The van der Waals surface area contributed by atoms with Crippen LogP contribution in [0.1, 0.15) is 64.2 Å². The van der Waals surface area contributed by atoms with E-state index in [0.717, 1.165) is 23.9 Å². The van der Waals surface area contributed by atoms with E-state index in [-0.39, 0.29) is 0 Å². The third kappa shape index (κ3) is 1.84. The molecule has 4 atom stereocenters. The molecule has 0 radical (unpaired) electrons. The van der Waals surface area contributed by atoms with Gasteiger partial charge in [-0.1, -0.05) is 25.7 Å². The van der Waals surface area contributed by atoms with E-state index in [1.165, 1.54) is 77.3 Å². The molecule has 2 saturated heterocycles. The predicted octanol–water partition coefficient (Wildman–Crippen LogP) is 3.43. The molecule has 2 heterocycles. The average molecular weight is 248 g/mol. The van der Waals surface area contributed by atoms with Gasteiger partial charge in [0.25, 0.3) is 0 Å². The molecule has 102 valence electrons. The molecule has 0 aromatic rings. The lowest BCUT2D eigenvalue weighted by Crippen LogP contribution is -2.51. The molecule has 4 rings (SSSR count). The molecule has 0 bridgehead atoms. The topological polar surface area (TPSA) is 6.48 Å². The number of nitrogens with zero attached hydrogens (tertiary/aromatic N) is 2. The number of hydrogen-bond acceptors (Lipinski definition) is 2. The van der Waals surface area contributed by atoms with Gasteiger partial charge in [-0.2, -0.15) is 0 Å². The van der Waals surface area contributed by atoms with Crippen molar-refractivity contribution >= 4 is 0 Å². The number of hydrazine groups is 1. The maximum atomic E-state index is 2.85. The first-order valence-electron chi connectivity index (χ1n) is 8.47. The summed E-state index contributed by atoms with van der Waals surface area (Å²) in [6.45, 7) is 2.75. The Labute approximate surface area is 112 Å². The monoisotopic (exact) mass is 248 g/mol. The fourth-order valence-electron chi connectivity index (χ4n) is 5.40. The van der Waals surface area contributed by atoms with Crippen molar-refractivity contribution in [2.45, 2.75) is 76.3 Å². The van der Waals surface area contributed by atoms with Gasteiger partial charge in [0.05, 0.1) is 0 Å². The highest BCUT2D eigenvalue weighted by Gasteiger charge is 2.44. The molecule has 4 aliphatic rings. The van der Waals surface area contributed by atoms with Crippen LogP contribution < -0.4 is 0 Å². The van der Waals surface area contributed by atoms with Crippen molar-refractivity contribution in [1.29, 1.82) is 0 Å². The van der Waals surface area contributed by atoms with Gasteiger partial charge in [-0.15, -0.1) is 0 Å². The molecule has 2 aliphatic carbocycles. The maximum Gasteiger partial charge on any atom is 0.0274 e. The smallest absolute Gasteiger partial charge is 0.0274 e. The fraction of sp³-hybridized carbons (Fsp3) is 1.00. The van der Waals surface area contributed by atoms with Gasteiger partial charge in [-0.25, -0.2) is 10.0 Å². The van der Waals surface area contributed by atoms with Gasteiger partial charge in [0.2, 0.25) is 0 Å². The molecule has 0 aromatic carbocycles. The predicted molar refractivity (Wildman–Crippen MR) is 74.1 cm³/mol. The maximum absolute atomic E-state index is 2.85. The van der Waals surface area contributed by atoms with Crippen LogP contribution in [0.5, 0.6) is 0 Å². The largest absolute Gasteiger partial charge is 0.238 e. The third-order valence-corrected chi connectivity index (χ3v) is 6.29. The number of hydrogen-bond donors (Lipinski definition) is 0. The lowest BCUT2D eigenvalue weighted by molar-refractivity contribution is -0.0727. The molecule has 2 saturated carbocycles. The van der Waals surface area contributed by atoms with E-state index in [1.807, 2.05) is 0 Å². The Morgan fingerprint density at radius 3 is 1.44 bits per heavy atom. The standard InChI is InChI=1S/C16H28N2/c1-3-7-15-13(5-1)9-11-17(15)18-12-10-14-6-2-4-8-16(14)18/h13-16H,1-12H2. The summed E-state index contributed by atoms with van der Waals surface area (Å²) in [6, 6.07) is 1.86. The molecule has 0 N–H and O–H groups in total. The van der Waals surface area contributed by atoms with Gasteiger partial charge in [0.1, 0.15) is 0 Å². The molecular formula is C16H28N2. The van der Waals surface area contributed by atoms with Crippen LogP contribution in [-0.4, -0.2) is 35.2 Å². The first-order valence-corrected chi connectivity index (χ1v) is 8.47. The Morgan fingerprint density at radius 1 is 0.500 bits per heavy atom. The molecular weight excluding hydrogens is 220 g/mol. The minimum Gasteiger partial charge on any atom is -0.238 e. The van der Waals surface area contributed by atoms with Gasteiger partial charge < -0.3 is 0 Å². The van der Waals surface area contributed by atoms with Gasteiger partial charge in [0, 0.05) is 25.2 Å². The normalized spacial score (nSPS) is 46.0. The second-order valence-corrected chi connectivity index (χ2v) is 7.13. The minimum atomic E-state index is 0.930. The van der Waals surface area contributed by atoms with Crippen molar-refractivity contribution in [2.24, 2.45) is 11.8 Å². The van der Waals surface area contributed by atoms with E-state index >= 15 is 0 Å². The fourth-order valence-corrected chi connectivity index (χ4v) is 5.40. The van der Waals surface area contributed by atoms with Crippen molar-refractivity contribution in [3.05, 3.63) is 0 Å².